The lowest BCUT2D eigenvalue weighted by atomic mass is 10.1. The fourth-order valence-corrected chi connectivity index (χ4v) is 2.81. The van der Waals surface area contributed by atoms with Crippen molar-refractivity contribution in [2.75, 3.05) is 0 Å². The molecule has 2 N–H and O–H groups in total. The third-order valence-electron chi connectivity index (χ3n) is 4.22. The minimum Gasteiger partial charge on any atom is -0.463 e. The zero-order valence-electron chi connectivity index (χ0n) is 14.2. The summed E-state index contributed by atoms with van der Waals surface area (Å²) in [6.07, 6.45) is 5.56. The lowest BCUT2D eigenvalue weighted by molar-refractivity contribution is 0.0935. The van der Waals surface area contributed by atoms with Gasteiger partial charge in [-0.3, -0.25) is 9.89 Å². The molecule has 6 heteroatoms. The Labute approximate surface area is 150 Å². The number of hydrogen-bond acceptors (Lipinski definition) is 3. The highest BCUT2D eigenvalue weighted by molar-refractivity contribution is 5.93. The number of aromatic amines is 1. The first-order valence-electron chi connectivity index (χ1n) is 8.34. The predicted octanol–water partition coefficient (Wildman–Crippen LogP) is 3.95. The molecule has 130 valence electrons. The standard InChI is InChI=1S/C20H18N4O2/c1-14(15-6-4-7-16(12-15)24-9-2-3-10-24)21-20(25)18-13-17(22-23-18)19-8-5-11-26-19/h2-14H,1H3,(H,21,25)(H,22,23). The second-order valence-corrected chi connectivity index (χ2v) is 6.02. The third-order valence-corrected chi connectivity index (χ3v) is 4.22. The van der Waals surface area contributed by atoms with Gasteiger partial charge in [-0.1, -0.05) is 12.1 Å². The molecule has 0 saturated heterocycles. The molecular weight excluding hydrogens is 328 g/mol. The van der Waals surface area contributed by atoms with Crippen LogP contribution >= 0.6 is 0 Å². The van der Waals surface area contributed by atoms with E-state index in [1.54, 1.807) is 18.4 Å². The van der Waals surface area contributed by atoms with Crippen LogP contribution in [0.1, 0.15) is 29.0 Å². The average molecular weight is 346 g/mol. The minimum atomic E-state index is -0.238. The molecule has 1 atom stereocenters. The van der Waals surface area contributed by atoms with Crippen LogP contribution in [0.25, 0.3) is 17.1 Å². The van der Waals surface area contributed by atoms with Gasteiger partial charge in [0, 0.05) is 24.1 Å². The highest BCUT2D eigenvalue weighted by Gasteiger charge is 2.16. The van der Waals surface area contributed by atoms with Crippen molar-refractivity contribution >= 4 is 5.91 Å². The van der Waals surface area contributed by atoms with Crippen molar-refractivity contribution in [2.45, 2.75) is 13.0 Å². The lowest BCUT2D eigenvalue weighted by Gasteiger charge is -2.15. The highest BCUT2D eigenvalue weighted by atomic mass is 16.3. The maximum absolute atomic E-state index is 12.5. The van der Waals surface area contributed by atoms with E-state index >= 15 is 0 Å². The van der Waals surface area contributed by atoms with Gasteiger partial charge in [-0.2, -0.15) is 5.10 Å². The Balaban J connectivity index is 1.49. The molecule has 3 heterocycles. The maximum Gasteiger partial charge on any atom is 0.272 e. The number of furan rings is 1. The van der Waals surface area contributed by atoms with E-state index in [4.69, 9.17) is 4.42 Å². The first-order valence-corrected chi connectivity index (χ1v) is 8.34. The van der Waals surface area contributed by atoms with Crippen LogP contribution in [-0.4, -0.2) is 20.7 Å². The molecule has 4 rings (SSSR count). The molecule has 0 spiro atoms. The van der Waals surface area contributed by atoms with E-state index in [0.29, 0.717) is 17.1 Å². The first-order chi connectivity index (χ1) is 12.7. The normalized spacial score (nSPS) is 12.0. The molecule has 1 unspecified atom stereocenters. The van der Waals surface area contributed by atoms with Crippen LogP contribution in [0.5, 0.6) is 0 Å². The number of benzene rings is 1. The summed E-state index contributed by atoms with van der Waals surface area (Å²) in [7, 11) is 0. The monoisotopic (exact) mass is 346 g/mol. The molecule has 4 aromatic rings. The molecular formula is C20H18N4O2. The van der Waals surface area contributed by atoms with Crippen LogP contribution in [-0.2, 0) is 0 Å². The summed E-state index contributed by atoms with van der Waals surface area (Å²) in [4.78, 5) is 12.5. The second kappa shape index (κ2) is 6.76. The third kappa shape index (κ3) is 3.17. The van der Waals surface area contributed by atoms with E-state index in [2.05, 4.69) is 21.6 Å². The number of hydrogen-bond donors (Lipinski definition) is 2. The van der Waals surface area contributed by atoms with Gasteiger partial charge in [0.25, 0.3) is 5.91 Å². The topological polar surface area (TPSA) is 75.8 Å². The van der Waals surface area contributed by atoms with Crippen molar-refractivity contribution in [3.63, 3.8) is 0 Å². The van der Waals surface area contributed by atoms with Crippen molar-refractivity contribution in [2.24, 2.45) is 0 Å². The Bertz CT molecular complexity index is 1000. The van der Waals surface area contributed by atoms with Crippen LogP contribution in [0.3, 0.4) is 0 Å². The van der Waals surface area contributed by atoms with Crippen LogP contribution in [0, 0.1) is 0 Å². The molecule has 0 radical (unpaired) electrons. The van der Waals surface area contributed by atoms with Crippen LogP contribution < -0.4 is 5.32 Å². The Kier molecular flexibility index (Phi) is 4.15. The van der Waals surface area contributed by atoms with Crippen LogP contribution in [0.4, 0.5) is 0 Å². The molecule has 0 aliphatic carbocycles. The van der Waals surface area contributed by atoms with Crippen molar-refractivity contribution in [1.82, 2.24) is 20.1 Å². The van der Waals surface area contributed by atoms with Crippen molar-refractivity contribution in [1.29, 1.82) is 0 Å². The number of H-pyrrole nitrogens is 1. The zero-order chi connectivity index (χ0) is 17.9. The summed E-state index contributed by atoms with van der Waals surface area (Å²) in [6, 6.07) is 17.1. The Morgan fingerprint density at radius 3 is 2.77 bits per heavy atom. The Morgan fingerprint density at radius 2 is 2.00 bits per heavy atom. The molecule has 1 amide bonds. The minimum absolute atomic E-state index is 0.151. The lowest BCUT2D eigenvalue weighted by Crippen LogP contribution is -2.27. The first kappa shape index (κ1) is 16.0. The highest BCUT2D eigenvalue weighted by Crippen LogP contribution is 2.20. The molecule has 0 aliphatic heterocycles. The van der Waals surface area contributed by atoms with Crippen molar-refractivity contribution < 1.29 is 9.21 Å². The van der Waals surface area contributed by atoms with E-state index in [1.807, 2.05) is 60.3 Å². The summed E-state index contributed by atoms with van der Waals surface area (Å²) in [5.74, 6) is 0.405. The molecule has 0 saturated carbocycles. The Hall–Kier alpha value is -3.54. The maximum atomic E-state index is 12.5. The average Bonchev–Trinajstić information content (AvgIpc) is 3.43. The van der Waals surface area contributed by atoms with Gasteiger partial charge in [0.15, 0.2) is 11.5 Å². The van der Waals surface area contributed by atoms with Gasteiger partial charge < -0.3 is 14.3 Å². The van der Waals surface area contributed by atoms with Crippen molar-refractivity contribution in [3.05, 3.63) is 84.5 Å². The van der Waals surface area contributed by atoms with E-state index < -0.39 is 0 Å². The van der Waals surface area contributed by atoms with Gasteiger partial charge in [0.05, 0.1) is 12.3 Å². The van der Waals surface area contributed by atoms with Crippen LogP contribution in [0.15, 0.2) is 77.7 Å². The molecule has 0 fully saturated rings. The summed E-state index contributed by atoms with van der Waals surface area (Å²) in [5.41, 5.74) is 3.06. The fraction of sp³-hybridized carbons (Fsp3) is 0.100. The van der Waals surface area contributed by atoms with Gasteiger partial charge in [-0.15, -0.1) is 0 Å². The van der Waals surface area contributed by atoms with E-state index in [1.165, 1.54) is 0 Å². The molecule has 0 aliphatic rings. The molecule has 1 aromatic carbocycles. The number of aromatic nitrogens is 3. The quantitative estimate of drug-likeness (QED) is 0.574. The molecule has 3 aromatic heterocycles. The number of nitrogens with one attached hydrogen (secondary N) is 2. The van der Waals surface area contributed by atoms with Gasteiger partial charge in [0.2, 0.25) is 0 Å². The van der Waals surface area contributed by atoms with Crippen LogP contribution in [0.2, 0.25) is 0 Å². The number of carbonyl (C=O) groups excluding carboxylic acids is 1. The molecule has 0 bridgehead atoms. The van der Waals surface area contributed by atoms with Gasteiger partial charge >= 0.3 is 0 Å². The zero-order valence-corrected chi connectivity index (χ0v) is 14.2. The predicted molar refractivity (Wildman–Crippen MR) is 97.9 cm³/mol. The van der Waals surface area contributed by atoms with Gasteiger partial charge in [0.1, 0.15) is 5.69 Å². The number of nitrogens with zero attached hydrogens (tertiary/aromatic N) is 2. The number of rotatable bonds is 5. The summed E-state index contributed by atoms with van der Waals surface area (Å²) in [6.45, 7) is 1.95. The largest absolute Gasteiger partial charge is 0.463 e. The van der Waals surface area contributed by atoms with Gasteiger partial charge in [-0.05, 0) is 48.9 Å². The van der Waals surface area contributed by atoms with E-state index in [-0.39, 0.29) is 11.9 Å². The summed E-state index contributed by atoms with van der Waals surface area (Å²) in [5, 5.41) is 9.88. The summed E-state index contributed by atoms with van der Waals surface area (Å²) >= 11 is 0. The van der Waals surface area contributed by atoms with Crippen molar-refractivity contribution in [3.8, 4) is 17.1 Å². The Morgan fingerprint density at radius 1 is 1.15 bits per heavy atom. The number of carbonyl (C=O) groups is 1. The SMILES string of the molecule is CC(NC(=O)c1cc(-c2ccco2)[nH]n1)c1cccc(-n2cccc2)c1. The number of amides is 1. The molecule has 26 heavy (non-hydrogen) atoms. The summed E-state index contributed by atoms with van der Waals surface area (Å²) < 4.78 is 7.34. The smallest absolute Gasteiger partial charge is 0.272 e. The molecule has 6 nitrogen and oxygen atoms in total. The second-order valence-electron chi connectivity index (χ2n) is 6.02. The van der Waals surface area contributed by atoms with E-state index in [9.17, 15) is 4.79 Å². The van der Waals surface area contributed by atoms with E-state index in [0.717, 1.165) is 11.3 Å². The van der Waals surface area contributed by atoms with Gasteiger partial charge in [-0.25, -0.2) is 0 Å². The fourth-order valence-electron chi connectivity index (χ4n) is 2.81.